The number of aromatic nitrogens is 3. The lowest BCUT2D eigenvalue weighted by molar-refractivity contribution is 0.731. The first-order valence-corrected chi connectivity index (χ1v) is 5.46. The van der Waals surface area contributed by atoms with Gasteiger partial charge in [0.05, 0.1) is 6.54 Å². The van der Waals surface area contributed by atoms with E-state index in [-0.39, 0.29) is 0 Å². The van der Waals surface area contributed by atoms with Crippen molar-refractivity contribution < 1.29 is 0 Å². The van der Waals surface area contributed by atoms with Crippen molar-refractivity contribution in [2.75, 3.05) is 12.4 Å². The number of hydrogen-bond acceptors (Lipinski definition) is 3. The summed E-state index contributed by atoms with van der Waals surface area (Å²) < 4.78 is 2.15. The number of nitrogens with zero attached hydrogens (tertiary/aromatic N) is 3. The SMILES string of the molecule is CCc1nccn1Cc1cccnc1NC. The number of nitrogens with one attached hydrogen (secondary N) is 1. The minimum atomic E-state index is 0.813. The fourth-order valence-electron chi connectivity index (χ4n) is 1.77. The molecule has 0 aromatic carbocycles. The second kappa shape index (κ2) is 4.79. The second-order valence-corrected chi connectivity index (χ2v) is 3.59. The Labute approximate surface area is 95.4 Å². The van der Waals surface area contributed by atoms with Gasteiger partial charge in [-0.05, 0) is 6.07 Å². The van der Waals surface area contributed by atoms with Crippen LogP contribution in [0.4, 0.5) is 5.82 Å². The number of aryl methyl sites for hydroxylation is 1. The number of imidazole rings is 1. The van der Waals surface area contributed by atoms with Crippen LogP contribution in [0.3, 0.4) is 0 Å². The zero-order chi connectivity index (χ0) is 11.4. The maximum absolute atomic E-state index is 4.31. The Kier molecular flexibility index (Phi) is 3.19. The summed E-state index contributed by atoms with van der Waals surface area (Å²) in [5.41, 5.74) is 1.18. The Hall–Kier alpha value is -1.84. The molecule has 0 unspecified atom stereocenters. The zero-order valence-electron chi connectivity index (χ0n) is 9.64. The molecular weight excluding hydrogens is 200 g/mol. The van der Waals surface area contributed by atoms with E-state index in [0.29, 0.717) is 0 Å². The molecule has 4 nitrogen and oxygen atoms in total. The molecule has 0 spiro atoms. The zero-order valence-corrected chi connectivity index (χ0v) is 9.64. The van der Waals surface area contributed by atoms with E-state index in [2.05, 4.69) is 32.8 Å². The predicted molar refractivity (Wildman–Crippen MR) is 64.5 cm³/mol. The molecule has 2 aromatic heterocycles. The maximum atomic E-state index is 4.31. The van der Waals surface area contributed by atoms with Gasteiger partial charge in [0.2, 0.25) is 0 Å². The summed E-state index contributed by atoms with van der Waals surface area (Å²) in [6.07, 6.45) is 6.59. The molecule has 2 aromatic rings. The van der Waals surface area contributed by atoms with Gasteiger partial charge >= 0.3 is 0 Å². The molecule has 0 radical (unpaired) electrons. The van der Waals surface area contributed by atoms with Crippen LogP contribution >= 0.6 is 0 Å². The van der Waals surface area contributed by atoms with Gasteiger partial charge in [0, 0.05) is 37.6 Å². The van der Waals surface area contributed by atoms with Gasteiger partial charge in [0.25, 0.3) is 0 Å². The average Bonchev–Trinajstić information content (AvgIpc) is 2.77. The number of rotatable bonds is 4. The lowest BCUT2D eigenvalue weighted by atomic mass is 10.2. The highest BCUT2D eigenvalue weighted by atomic mass is 15.1. The van der Waals surface area contributed by atoms with Crippen LogP contribution in [-0.4, -0.2) is 21.6 Å². The van der Waals surface area contributed by atoms with Crippen molar-refractivity contribution in [1.82, 2.24) is 14.5 Å². The van der Waals surface area contributed by atoms with Crippen LogP contribution in [-0.2, 0) is 13.0 Å². The summed E-state index contributed by atoms with van der Waals surface area (Å²) in [7, 11) is 1.89. The van der Waals surface area contributed by atoms with Crippen LogP contribution in [0.15, 0.2) is 30.7 Å². The third-order valence-corrected chi connectivity index (χ3v) is 2.59. The minimum absolute atomic E-state index is 0.813. The highest BCUT2D eigenvalue weighted by Gasteiger charge is 2.05. The van der Waals surface area contributed by atoms with Crippen molar-refractivity contribution in [1.29, 1.82) is 0 Å². The van der Waals surface area contributed by atoms with Crippen molar-refractivity contribution in [3.05, 3.63) is 42.1 Å². The maximum Gasteiger partial charge on any atom is 0.130 e. The fraction of sp³-hybridized carbons (Fsp3) is 0.333. The molecule has 16 heavy (non-hydrogen) atoms. The third kappa shape index (κ3) is 2.05. The Balaban J connectivity index is 2.26. The first-order chi connectivity index (χ1) is 7.85. The minimum Gasteiger partial charge on any atom is -0.373 e. The van der Waals surface area contributed by atoms with Gasteiger partial charge in [-0.2, -0.15) is 0 Å². The molecule has 0 aliphatic rings. The van der Waals surface area contributed by atoms with Crippen LogP contribution in [0, 0.1) is 0 Å². The molecule has 0 atom stereocenters. The highest BCUT2D eigenvalue weighted by molar-refractivity contribution is 5.43. The summed E-state index contributed by atoms with van der Waals surface area (Å²) >= 11 is 0. The average molecular weight is 216 g/mol. The van der Waals surface area contributed by atoms with E-state index >= 15 is 0 Å². The van der Waals surface area contributed by atoms with E-state index in [1.165, 1.54) is 5.56 Å². The largest absolute Gasteiger partial charge is 0.373 e. The van der Waals surface area contributed by atoms with Gasteiger partial charge in [-0.1, -0.05) is 13.0 Å². The molecule has 0 aliphatic heterocycles. The standard InChI is InChI=1S/C12H16N4/c1-3-11-14-7-8-16(11)9-10-5-4-6-15-12(10)13-2/h4-8H,3,9H2,1-2H3,(H,13,15). The molecule has 0 amide bonds. The molecule has 4 heteroatoms. The lowest BCUT2D eigenvalue weighted by Gasteiger charge is -2.10. The molecule has 1 N–H and O–H groups in total. The Morgan fingerprint density at radius 1 is 1.31 bits per heavy atom. The smallest absolute Gasteiger partial charge is 0.130 e. The number of anilines is 1. The van der Waals surface area contributed by atoms with Gasteiger partial charge in [0.15, 0.2) is 0 Å². The van der Waals surface area contributed by atoms with E-state index < -0.39 is 0 Å². The molecule has 0 bridgehead atoms. The van der Waals surface area contributed by atoms with Gasteiger partial charge in [-0.3, -0.25) is 0 Å². The van der Waals surface area contributed by atoms with Crippen molar-refractivity contribution in [2.45, 2.75) is 19.9 Å². The normalized spacial score (nSPS) is 10.4. The summed E-state index contributed by atoms with van der Waals surface area (Å²) in [5.74, 6) is 2.03. The summed E-state index contributed by atoms with van der Waals surface area (Å²) in [6.45, 7) is 2.92. The number of pyridine rings is 1. The monoisotopic (exact) mass is 216 g/mol. The molecule has 0 saturated carbocycles. The molecular formula is C12H16N4. The van der Waals surface area contributed by atoms with Crippen LogP contribution in [0.5, 0.6) is 0 Å². The van der Waals surface area contributed by atoms with E-state index in [1.54, 1.807) is 6.20 Å². The van der Waals surface area contributed by atoms with Crippen LogP contribution < -0.4 is 5.32 Å². The van der Waals surface area contributed by atoms with Crippen LogP contribution in [0.1, 0.15) is 18.3 Å². The van der Waals surface area contributed by atoms with Crippen LogP contribution in [0.25, 0.3) is 0 Å². The van der Waals surface area contributed by atoms with E-state index in [1.807, 2.05) is 25.5 Å². The second-order valence-electron chi connectivity index (χ2n) is 3.59. The van der Waals surface area contributed by atoms with E-state index in [9.17, 15) is 0 Å². The molecule has 2 heterocycles. The Morgan fingerprint density at radius 2 is 2.19 bits per heavy atom. The topological polar surface area (TPSA) is 42.7 Å². The van der Waals surface area contributed by atoms with Crippen molar-refractivity contribution in [3.63, 3.8) is 0 Å². The van der Waals surface area contributed by atoms with Crippen molar-refractivity contribution >= 4 is 5.82 Å². The van der Waals surface area contributed by atoms with E-state index in [4.69, 9.17) is 0 Å². The van der Waals surface area contributed by atoms with Gasteiger partial charge < -0.3 is 9.88 Å². The van der Waals surface area contributed by atoms with Crippen molar-refractivity contribution in [3.8, 4) is 0 Å². The summed E-state index contributed by atoms with van der Waals surface area (Å²) in [6, 6.07) is 4.04. The summed E-state index contributed by atoms with van der Waals surface area (Å²) in [5, 5.41) is 3.10. The fourth-order valence-corrected chi connectivity index (χ4v) is 1.77. The first kappa shape index (κ1) is 10.7. The molecule has 84 valence electrons. The Morgan fingerprint density at radius 3 is 2.94 bits per heavy atom. The predicted octanol–water partition coefficient (Wildman–Crippen LogP) is 1.93. The lowest BCUT2D eigenvalue weighted by Crippen LogP contribution is -2.06. The van der Waals surface area contributed by atoms with Crippen molar-refractivity contribution in [2.24, 2.45) is 0 Å². The Bertz CT molecular complexity index is 462. The number of hydrogen-bond donors (Lipinski definition) is 1. The van der Waals surface area contributed by atoms with Gasteiger partial charge in [-0.15, -0.1) is 0 Å². The summed E-state index contributed by atoms with van der Waals surface area (Å²) in [4.78, 5) is 8.60. The molecule has 0 fully saturated rings. The molecule has 0 saturated heterocycles. The van der Waals surface area contributed by atoms with Crippen LogP contribution in [0.2, 0.25) is 0 Å². The molecule has 2 rings (SSSR count). The first-order valence-electron chi connectivity index (χ1n) is 5.46. The third-order valence-electron chi connectivity index (χ3n) is 2.59. The van der Waals surface area contributed by atoms with Gasteiger partial charge in [0.1, 0.15) is 11.6 Å². The van der Waals surface area contributed by atoms with E-state index in [0.717, 1.165) is 24.6 Å². The molecule has 0 aliphatic carbocycles. The highest BCUT2D eigenvalue weighted by Crippen LogP contribution is 2.13. The van der Waals surface area contributed by atoms with Gasteiger partial charge in [-0.25, -0.2) is 9.97 Å². The quantitative estimate of drug-likeness (QED) is 0.849.